The fourth-order valence-corrected chi connectivity index (χ4v) is 2.65. The van der Waals surface area contributed by atoms with E-state index in [-0.39, 0.29) is 5.92 Å². The van der Waals surface area contributed by atoms with Gasteiger partial charge >= 0.3 is 5.97 Å². The average Bonchev–Trinajstić information content (AvgIpc) is 2.36. The molecule has 1 aliphatic rings. The third-order valence-electron chi connectivity index (χ3n) is 3.73. The molecule has 1 saturated carbocycles. The maximum atomic E-state index is 10.9. The van der Waals surface area contributed by atoms with Crippen LogP contribution in [0.1, 0.15) is 37.1 Å². The molecule has 104 valence electrons. The van der Waals surface area contributed by atoms with Crippen LogP contribution in [0.2, 0.25) is 0 Å². The van der Waals surface area contributed by atoms with Gasteiger partial charge in [-0.1, -0.05) is 0 Å². The van der Waals surface area contributed by atoms with Gasteiger partial charge in [-0.15, -0.1) is 0 Å². The van der Waals surface area contributed by atoms with Crippen LogP contribution in [0.4, 0.5) is 5.95 Å². The molecule has 0 spiro atoms. The van der Waals surface area contributed by atoms with E-state index in [0.717, 1.165) is 43.6 Å². The minimum atomic E-state index is -0.649. The molecule has 19 heavy (non-hydrogen) atoms. The first-order valence-corrected chi connectivity index (χ1v) is 6.83. The van der Waals surface area contributed by atoms with Crippen molar-refractivity contribution in [1.82, 2.24) is 9.97 Å². The van der Waals surface area contributed by atoms with E-state index in [1.165, 1.54) is 0 Å². The normalized spacial score (nSPS) is 23.1. The van der Waals surface area contributed by atoms with E-state index in [1.807, 2.05) is 19.9 Å². The lowest BCUT2D eigenvalue weighted by Gasteiger charge is -2.26. The van der Waals surface area contributed by atoms with E-state index in [0.29, 0.717) is 11.9 Å². The Bertz CT molecular complexity index is 434. The molecule has 0 atom stereocenters. The van der Waals surface area contributed by atoms with Crippen LogP contribution in [0.5, 0.6) is 0 Å². The lowest BCUT2D eigenvalue weighted by Crippen LogP contribution is -2.25. The highest BCUT2D eigenvalue weighted by Crippen LogP contribution is 2.28. The fourth-order valence-electron chi connectivity index (χ4n) is 2.65. The molecular formula is C14H21N3O2. The predicted octanol–water partition coefficient (Wildman–Crippen LogP) is 2.40. The van der Waals surface area contributed by atoms with Crippen molar-refractivity contribution in [3.63, 3.8) is 0 Å². The van der Waals surface area contributed by atoms with Gasteiger partial charge in [-0.05, 0) is 51.5 Å². The molecule has 2 N–H and O–H groups in total. The minimum absolute atomic E-state index is 0.145. The Kier molecular flexibility index (Phi) is 4.35. The largest absolute Gasteiger partial charge is 0.481 e. The summed E-state index contributed by atoms with van der Waals surface area (Å²) in [7, 11) is 0. The molecule has 0 amide bonds. The SMILES string of the molecule is Cc1cc(C)nc(NCC2CCC(C(=O)O)CC2)n1. The third-order valence-corrected chi connectivity index (χ3v) is 3.73. The van der Waals surface area contributed by atoms with Crippen molar-refractivity contribution in [2.45, 2.75) is 39.5 Å². The number of carboxylic acid groups (broad SMARTS) is 1. The van der Waals surface area contributed by atoms with E-state index < -0.39 is 5.97 Å². The summed E-state index contributed by atoms with van der Waals surface area (Å²) in [6.07, 6.45) is 3.51. The molecule has 5 heteroatoms. The van der Waals surface area contributed by atoms with E-state index in [9.17, 15) is 4.79 Å². The Hall–Kier alpha value is -1.65. The van der Waals surface area contributed by atoms with Crippen molar-refractivity contribution < 1.29 is 9.90 Å². The second-order valence-corrected chi connectivity index (χ2v) is 5.41. The van der Waals surface area contributed by atoms with E-state index in [4.69, 9.17) is 5.11 Å². The zero-order valence-electron chi connectivity index (χ0n) is 11.5. The number of hydrogen-bond acceptors (Lipinski definition) is 4. The summed E-state index contributed by atoms with van der Waals surface area (Å²) in [5, 5.41) is 12.2. The van der Waals surface area contributed by atoms with Gasteiger partial charge in [0, 0.05) is 17.9 Å². The van der Waals surface area contributed by atoms with Crippen molar-refractivity contribution in [2.24, 2.45) is 11.8 Å². The molecule has 0 aromatic carbocycles. The topological polar surface area (TPSA) is 75.1 Å². The lowest BCUT2D eigenvalue weighted by molar-refractivity contribution is -0.143. The number of anilines is 1. The number of nitrogens with one attached hydrogen (secondary N) is 1. The Balaban J connectivity index is 1.82. The Labute approximate surface area is 113 Å². The van der Waals surface area contributed by atoms with Crippen LogP contribution in [0, 0.1) is 25.7 Å². The summed E-state index contributed by atoms with van der Waals surface area (Å²) in [6.45, 7) is 4.74. The van der Waals surface area contributed by atoms with Crippen molar-refractivity contribution in [2.75, 3.05) is 11.9 Å². The van der Waals surface area contributed by atoms with Crippen LogP contribution in [-0.4, -0.2) is 27.6 Å². The van der Waals surface area contributed by atoms with Crippen molar-refractivity contribution in [3.05, 3.63) is 17.5 Å². The van der Waals surface area contributed by atoms with Gasteiger partial charge < -0.3 is 10.4 Å². The minimum Gasteiger partial charge on any atom is -0.481 e. The molecule has 1 heterocycles. The van der Waals surface area contributed by atoms with E-state index in [2.05, 4.69) is 15.3 Å². The van der Waals surface area contributed by atoms with Gasteiger partial charge in [-0.2, -0.15) is 0 Å². The van der Waals surface area contributed by atoms with Crippen molar-refractivity contribution in [1.29, 1.82) is 0 Å². The Morgan fingerprint density at radius 3 is 2.37 bits per heavy atom. The highest BCUT2D eigenvalue weighted by molar-refractivity contribution is 5.69. The zero-order chi connectivity index (χ0) is 13.8. The first-order valence-electron chi connectivity index (χ1n) is 6.83. The Morgan fingerprint density at radius 1 is 1.26 bits per heavy atom. The zero-order valence-corrected chi connectivity index (χ0v) is 11.5. The van der Waals surface area contributed by atoms with Gasteiger partial charge in [0.15, 0.2) is 0 Å². The summed E-state index contributed by atoms with van der Waals surface area (Å²) in [5.41, 5.74) is 1.93. The number of aromatic nitrogens is 2. The molecule has 2 rings (SSSR count). The van der Waals surface area contributed by atoms with Gasteiger partial charge in [0.05, 0.1) is 5.92 Å². The molecule has 0 aliphatic heterocycles. The standard InChI is InChI=1S/C14H21N3O2/c1-9-7-10(2)17-14(16-9)15-8-11-3-5-12(6-4-11)13(18)19/h7,11-12H,3-6,8H2,1-2H3,(H,18,19)(H,15,16,17). The highest BCUT2D eigenvalue weighted by atomic mass is 16.4. The monoisotopic (exact) mass is 263 g/mol. The predicted molar refractivity (Wildman–Crippen MR) is 73.1 cm³/mol. The van der Waals surface area contributed by atoms with Crippen molar-refractivity contribution in [3.8, 4) is 0 Å². The molecular weight excluding hydrogens is 242 g/mol. The van der Waals surface area contributed by atoms with Gasteiger partial charge in [-0.3, -0.25) is 4.79 Å². The van der Waals surface area contributed by atoms with Crippen LogP contribution < -0.4 is 5.32 Å². The molecule has 1 aromatic rings. The summed E-state index contributed by atoms with van der Waals surface area (Å²) in [4.78, 5) is 19.6. The molecule has 0 unspecified atom stereocenters. The summed E-state index contributed by atoms with van der Waals surface area (Å²) < 4.78 is 0. The lowest BCUT2D eigenvalue weighted by atomic mass is 9.82. The number of nitrogens with zero attached hydrogens (tertiary/aromatic N) is 2. The highest BCUT2D eigenvalue weighted by Gasteiger charge is 2.25. The van der Waals surface area contributed by atoms with Crippen LogP contribution in [0.15, 0.2) is 6.07 Å². The summed E-state index contributed by atoms with van der Waals surface area (Å²) >= 11 is 0. The second kappa shape index (κ2) is 5.99. The van der Waals surface area contributed by atoms with Crippen molar-refractivity contribution >= 4 is 11.9 Å². The maximum Gasteiger partial charge on any atom is 0.306 e. The Morgan fingerprint density at radius 2 is 1.84 bits per heavy atom. The van der Waals surface area contributed by atoms with E-state index in [1.54, 1.807) is 0 Å². The van der Waals surface area contributed by atoms with Gasteiger partial charge in [0.2, 0.25) is 5.95 Å². The molecule has 5 nitrogen and oxygen atoms in total. The number of carboxylic acids is 1. The van der Waals surface area contributed by atoms with Gasteiger partial charge in [0.1, 0.15) is 0 Å². The average molecular weight is 263 g/mol. The first kappa shape index (κ1) is 13.8. The molecule has 1 fully saturated rings. The quantitative estimate of drug-likeness (QED) is 0.872. The molecule has 1 aliphatic carbocycles. The number of aryl methyl sites for hydroxylation is 2. The van der Waals surface area contributed by atoms with Crippen LogP contribution in [0.25, 0.3) is 0 Å². The van der Waals surface area contributed by atoms with Gasteiger partial charge in [-0.25, -0.2) is 9.97 Å². The molecule has 0 radical (unpaired) electrons. The summed E-state index contributed by atoms with van der Waals surface area (Å²) in [5.74, 6) is 0.413. The number of hydrogen-bond donors (Lipinski definition) is 2. The fraction of sp³-hybridized carbons (Fsp3) is 0.643. The van der Waals surface area contributed by atoms with E-state index >= 15 is 0 Å². The maximum absolute atomic E-state index is 10.9. The molecule has 1 aromatic heterocycles. The van der Waals surface area contributed by atoms with Crippen LogP contribution in [0.3, 0.4) is 0 Å². The smallest absolute Gasteiger partial charge is 0.306 e. The first-order chi connectivity index (χ1) is 9.04. The van der Waals surface area contributed by atoms with Crippen LogP contribution in [-0.2, 0) is 4.79 Å². The van der Waals surface area contributed by atoms with Gasteiger partial charge in [0.25, 0.3) is 0 Å². The number of rotatable bonds is 4. The summed E-state index contributed by atoms with van der Waals surface area (Å²) in [6, 6.07) is 1.95. The number of aliphatic carboxylic acids is 1. The molecule has 0 bridgehead atoms. The third kappa shape index (κ3) is 3.91. The molecule has 0 saturated heterocycles. The number of carbonyl (C=O) groups is 1. The second-order valence-electron chi connectivity index (χ2n) is 5.41. The van der Waals surface area contributed by atoms with Crippen LogP contribution >= 0.6 is 0 Å².